The second kappa shape index (κ2) is 9.20. The first-order chi connectivity index (χ1) is 12.0. The molecular weight excluding hydrogens is 316 g/mol. The molecule has 6 heteroatoms. The van der Waals surface area contributed by atoms with Gasteiger partial charge in [-0.25, -0.2) is 0 Å². The van der Waals surface area contributed by atoms with Crippen molar-refractivity contribution in [3.63, 3.8) is 0 Å². The Morgan fingerprint density at radius 2 is 1.92 bits per heavy atom. The standard InChI is InChI=1S/C19H28N4O2/c1-4-20-19(22-15(3)16-9-6-5-8-14(16)2)21-12-13-23-17(24)10-7-11-18(23)25/h5-6,8-9,15H,4,7,10-13H2,1-3H3,(H2,20,21,22). The molecule has 1 fully saturated rings. The van der Waals surface area contributed by atoms with Crippen LogP contribution in [0.25, 0.3) is 0 Å². The summed E-state index contributed by atoms with van der Waals surface area (Å²) < 4.78 is 0. The lowest BCUT2D eigenvalue weighted by Crippen LogP contribution is -2.43. The average Bonchev–Trinajstić information content (AvgIpc) is 2.58. The van der Waals surface area contributed by atoms with E-state index in [2.05, 4.69) is 41.6 Å². The normalized spacial score (nSPS) is 16.8. The zero-order chi connectivity index (χ0) is 18.2. The molecule has 1 aromatic rings. The van der Waals surface area contributed by atoms with E-state index < -0.39 is 0 Å². The van der Waals surface area contributed by atoms with Gasteiger partial charge >= 0.3 is 0 Å². The molecule has 1 atom stereocenters. The highest BCUT2D eigenvalue weighted by atomic mass is 16.2. The second-order valence-electron chi connectivity index (χ2n) is 6.28. The molecular formula is C19H28N4O2. The molecule has 1 heterocycles. The van der Waals surface area contributed by atoms with Crippen LogP contribution >= 0.6 is 0 Å². The molecule has 0 spiro atoms. The van der Waals surface area contributed by atoms with Crippen LogP contribution in [0.5, 0.6) is 0 Å². The SMILES string of the molecule is CCNC(=NCCN1C(=O)CCCC1=O)NC(C)c1ccccc1C. The van der Waals surface area contributed by atoms with E-state index in [1.165, 1.54) is 16.0 Å². The van der Waals surface area contributed by atoms with Gasteiger partial charge in [-0.2, -0.15) is 0 Å². The van der Waals surface area contributed by atoms with Gasteiger partial charge in [-0.05, 0) is 38.3 Å². The van der Waals surface area contributed by atoms with Gasteiger partial charge in [0.1, 0.15) is 0 Å². The summed E-state index contributed by atoms with van der Waals surface area (Å²) in [6.45, 7) is 7.67. The number of hydrogen-bond acceptors (Lipinski definition) is 3. The number of benzene rings is 1. The number of guanidine groups is 1. The molecule has 1 aromatic carbocycles. The Morgan fingerprint density at radius 3 is 2.56 bits per heavy atom. The Labute approximate surface area is 149 Å². The molecule has 0 aromatic heterocycles. The van der Waals surface area contributed by atoms with E-state index in [4.69, 9.17) is 0 Å². The number of nitrogens with one attached hydrogen (secondary N) is 2. The van der Waals surface area contributed by atoms with E-state index in [-0.39, 0.29) is 17.9 Å². The Bertz CT molecular complexity index is 626. The summed E-state index contributed by atoms with van der Waals surface area (Å²) in [4.78, 5) is 29.5. The number of rotatable bonds is 6. The van der Waals surface area contributed by atoms with Crippen LogP contribution in [0, 0.1) is 6.92 Å². The molecule has 0 aliphatic carbocycles. The highest BCUT2D eigenvalue weighted by Crippen LogP contribution is 2.16. The van der Waals surface area contributed by atoms with Gasteiger partial charge in [0, 0.05) is 25.9 Å². The molecule has 1 aliphatic heterocycles. The molecule has 1 unspecified atom stereocenters. The van der Waals surface area contributed by atoms with Gasteiger partial charge in [0.2, 0.25) is 11.8 Å². The number of carbonyl (C=O) groups excluding carboxylic acids is 2. The summed E-state index contributed by atoms with van der Waals surface area (Å²) in [5.41, 5.74) is 2.44. The average molecular weight is 344 g/mol. The topological polar surface area (TPSA) is 73.8 Å². The van der Waals surface area contributed by atoms with Gasteiger partial charge in [0.15, 0.2) is 5.96 Å². The number of amides is 2. The van der Waals surface area contributed by atoms with Crippen molar-refractivity contribution in [3.8, 4) is 0 Å². The maximum absolute atomic E-state index is 11.8. The van der Waals surface area contributed by atoms with Crippen LogP contribution in [0.3, 0.4) is 0 Å². The number of imide groups is 1. The minimum atomic E-state index is -0.0855. The van der Waals surface area contributed by atoms with Crippen LogP contribution in [0.4, 0.5) is 0 Å². The van der Waals surface area contributed by atoms with Crippen molar-refractivity contribution in [2.45, 2.75) is 46.1 Å². The number of piperidine rings is 1. The summed E-state index contributed by atoms with van der Waals surface area (Å²) in [6, 6.07) is 8.35. The molecule has 1 saturated heterocycles. The van der Waals surface area contributed by atoms with Crippen molar-refractivity contribution in [2.75, 3.05) is 19.6 Å². The summed E-state index contributed by atoms with van der Waals surface area (Å²) in [5.74, 6) is 0.519. The first-order valence-electron chi connectivity index (χ1n) is 8.96. The van der Waals surface area contributed by atoms with E-state index in [9.17, 15) is 9.59 Å². The highest BCUT2D eigenvalue weighted by Gasteiger charge is 2.25. The van der Waals surface area contributed by atoms with Crippen molar-refractivity contribution in [1.29, 1.82) is 0 Å². The number of aryl methyl sites for hydroxylation is 1. The number of carbonyl (C=O) groups is 2. The van der Waals surface area contributed by atoms with Crippen molar-refractivity contribution in [3.05, 3.63) is 35.4 Å². The van der Waals surface area contributed by atoms with Gasteiger partial charge in [-0.15, -0.1) is 0 Å². The van der Waals surface area contributed by atoms with Crippen molar-refractivity contribution < 1.29 is 9.59 Å². The largest absolute Gasteiger partial charge is 0.357 e. The maximum Gasteiger partial charge on any atom is 0.229 e. The summed E-state index contributed by atoms with van der Waals surface area (Å²) in [5, 5.41) is 6.60. The molecule has 25 heavy (non-hydrogen) atoms. The summed E-state index contributed by atoms with van der Waals surface area (Å²) in [6.07, 6.45) is 1.58. The second-order valence-corrected chi connectivity index (χ2v) is 6.28. The van der Waals surface area contributed by atoms with Gasteiger partial charge in [-0.1, -0.05) is 24.3 Å². The van der Waals surface area contributed by atoms with Gasteiger partial charge in [-0.3, -0.25) is 19.5 Å². The van der Waals surface area contributed by atoms with Crippen LogP contribution in [0.15, 0.2) is 29.3 Å². The van der Waals surface area contributed by atoms with E-state index in [1.807, 2.05) is 19.1 Å². The molecule has 0 saturated carbocycles. The third kappa shape index (κ3) is 5.31. The Kier molecular flexibility index (Phi) is 6.98. The van der Waals surface area contributed by atoms with Gasteiger partial charge < -0.3 is 10.6 Å². The molecule has 136 valence electrons. The molecule has 2 amide bonds. The maximum atomic E-state index is 11.8. The molecule has 1 aliphatic rings. The lowest BCUT2D eigenvalue weighted by molar-refractivity contribution is -0.147. The van der Waals surface area contributed by atoms with Crippen molar-refractivity contribution >= 4 is 17.8 Å². The number of aliphatic imine (C=N–C) groups is 1. The van der Waals surface area contributed by atoms with E-state index in [0.29, 0.717) is 38.3 Å². The van der Waals surface area contributed by atoms with Crippen molar-refractivity contribution in [1.82, 2.24) is 15.5 Å². The van der Waals surface area contributed by atoms with E-state index >= 15 is 0 Å². The molecule has 0 bridgehead atoms. The zero-order valence-electron chi connectivity index (χ0n) is 15.3. The monoisotopic (exact) mass is 344 g/mol. The fraction of sp³-hybridized carbons (Fsp3) is 0.526. The quantitative estimate of drug-likeness (QED) is 0.471. The van der Waals surface area contributed by atoms with Gasteiger partial charge in [0.05, 0.1) is 12.6 Å². The molecule has 6 nitrogen and oxygen atoms in total. The van der Waals surface area contributed by atoms with Crippen LogP contribution in [0.2, 0.25) is 0 Å². The van der Waals surface area contributed by atoms with E-state index in [1.54, 1.807) is 0 Å². The van der Waals surface area contributed by atoms with Crippen molar-refractivity contribution in [2.24, 2.45) is 4.99 Å². The minimum Gasteiger partial charge on any atom is -0.357 e. The smallest absolute Gasteiger partial charge is 0.229 e. The number of likely N-dealkylation sites (tertiary alicyclic amines) is 1. The third-order valence-corrected chi connectivity index (χ3v) is 4.33. The molecule has 2 rings (SSSR count). The first kappa shape index (κ1) is 19.0. The predicted octanol–water partition coefficient (Wildman–Crippen LogP) is 2.15. The lowest BCUT2D eigenvalue weighted by atomic mass is 10.0. The molecule has 2 N–H and O–H groups in total. The fourth-order valence-corrected chi connectivity index (χ4v) is 2.99. The molecule has 0 radical (unpaired) electrons. The Morgan fingerprint density at radius 1 is 1.24 bits per heavy atom. The number of hydrogen-bond donors (Lipinski definition) is 2. The fourth-order valence-electron chi connectivity index (χ4n) is 2.99. The Balaban J connectivity index is 1.97. The highest BCUT2D eigenvalue weighted by molar-refractivity contribution is 5.97. The minimum absolute atomic E-state index is 0.0855. The first-order valence-corrected chi connectivity index (χ1v) is 8.96. The van der Waals surface area contributed by atoms with E-state index in [0.717, 1.165) is 6.54 Å². The summed E-state index contributed by atoms with van der Waals surface area (Å²) in [7, 11) is 0. The zero-order valence-corrected chi connectivity index (χ0v) is 15.3. The summed E-state index contributed by atoms with van der Waals surface area (Å²) >= 11 is 0. The third-order valence-electron chi connectivity index (χ3n) is 4.33. The lowest BCUT2D eigenvalue weighted by Gasteiger charge is -2.24. The van der Waals surface area contributed by atoms with Crippen LogP contribution in [-0.4, -0.2) is 42.3 Å². The van der Waals surface area contributed by atoms with Gasteiger partial charge in [0.25, 0.3) is 0 Å². The Hall–Kier alpha value is -2.37. The van der Waals surface area contributed by atoms with Crippen LogP contribution in [0.1, 0.15) is 50.3 Å². The van der Waals surface area contributed by atoms with Crippen LogP contribution < -0.4 is 10.6 Å². The van der Waals surface area contributed by atoms with Crippen LogP contribution in [-0.2, 0) is 9.59 Å². The number of nitrogens with zero attached hydrogens (tertiary/aromatic N) is 2. The predicted molar refractivity (Wildman–Crippen MR) is 99.3 cm³/mol.